The summed E-state index contributed by atoms with van der Waals surface area (Å²) in [6, 6.07) is 11.2. The smallest absolute Gasteiger partial charge is 0.250 e. The molecule has 9 heteroatoms. The second-order valence-electron chi connectivity index (χ2n) is 11.2. The van der Waals surface area contributed by atoms with E-state index in [1.165, 1.54) is 11.1 Å². The van der Waals surface area contributed by atoms with Gasteiger partial charge >= 0.3 is 0 Å². The molecule has 0 amide bonds. The zero-order valence-electron chi connectivity index (χ0n) is 22.9. The fourth-order valence-corrected chi connectivity index (χ4v) is 6.77. The summed E-state index contributed by atoms with van der Waals surface area (Å²) < 4.78 is 14.9. The van der Waals surface area contributed by atoms with Gasteiger partial charge in [-0.3, -0.25) is 19.4 Å². The van der Waals surface area contributed by atoms with Crippen LogP contribution in [0.4, 0.5) is 0 Å². The zero-order valence-corrected chi connectivity index (χ0v) is 22.9. The molecule has 1 saturated heterocycles. The Morgan fingerprint density at radius 3 is 2.49 bits per heavy atom. The van der Waals surface area contributed by atoms with Crippen molar-refractivity contribution in [2.24, 2.45) is 13.0 Å². The van der Waals surface area contributed by atoms with Crippen LogP contribution in [0.3, 0.4) is 0 Å². The van der Waals surface area contributed by atoms with E-state index in [9.17, 15) is 14.7 Å². The molecule has 9 nitrogen and oxygen atoms in total. The molecular formula is C30H36N4O5. The van der Waals surface area contributed by atoms with Crippen LogP contribution < -0.4 is 20.5 Å². The molecule has 0 unspecified atom stereocenters. The van der Waals surface area contributed by atoms with Crippen molar-refractivity contribution in [2.45, 2.75) is 44.9 Å². The van der Waals surface area contributed by atoms with E-state index in [1.54, 1.807) is 26.4 Å². The molecule has 6 rings (SSSR count). The number of rotatable bonds is 6. The average Bonchev–Trinajstić information content (AvgIpc) is 2.93. The van der Waals surface area contributed by atoms with E-state index in [0.717, 1.165) is 56.2 Å². The summed E-state index contributed by atoms with van der Waals surface area (Å²) in [5, 5.41) is 10.8. The minimum absolute atomic E-state index is 0.0825. The summed E-state index contributed by atoms with van der Waals surface area (Å²) >= 11 is 0. The Bertz CT molecular complexity index is 1530. The van der Waals surface area contributed by atoms with Gasteiger partial charge in [0.05, 0.1) is 19.9 Å². The van der Waals surface area contributed by atoms with Crippen molar-refractivity contribution >= 4 is 0 Å². The predicted molar refractivity (Wildman–Crippen MR) is 148 cm³/mol. The van der Waals surface area contributed by atoms with Crippen molar-refractivity contribution in [3.8, 4) is 17.2 Å². The van der Waals surface area contributed by atoms with Crippen LogP contribution >= 0.6 is 0 Å². The Morgan fingerprint density at radius 2 is 1.72 bits per heavy atom. The topological polar surface area (TPSA) is 89.2 Å². The van der Waals surface area contributed by atoms with Gasteiger partial charge in [-0.2, -0.15) is 0 Å². The molecule has 3 aromatic rings. The Morgan fingerprint density at radius 1 is 0.949 bits per heavy atom. The molecule has 1 aromatic carbocycles. The normalized spacial score (nSPS) is 20.8. The van der Waals surface area contributed by atoms with Crippen LogP contribution in [0.5, 0.6) is 17.2 Å². The number of ether oxygens (including phenoxy) is 2. The molecule has 2 aromatic heterocycles. The summed E-state index contributed by atoms with van der Waals surface area (Å²) in [5.74, 6) is 1.98. The van der Waals surface area contributed by atoms with Crippen molar-refractivity contribution in [1.82, 2.24) is 18.9 Å². The molecule has 1 fully saturated rings. The molecule has 39 heavy (non-hydrogen) atoms. The van der Waals surface area contributed by atoms with Crippen molar-refractivity contribution in [3.05, 3.63) is 85.2 Å². The van der Waals surface area contributed by atoms with E-state index in [-0.39, 0.29) is 16.7 Å². The van der Waals surface area contributed by atoms with Gasteiger partial charge in [-0.15, -0.1) is 0 Å². The van der Waals surface area contributed by atoms with Gasteiger partial charge in [-0.05, 0) is 48.1 Å². The van der Waals surface area contributed by atoms with E-state index in [1.807, 2.05) is 34.4 Å². The number of likely N-dealkylation sites (tertiary alicyclic amines) is 1. The van der Waals surface area contributed by atoms with E-state index < -0.39 is 0 Å². The molecule has 2 atom stereocenters. The molecule has 0 radical (unpaired) electrons. The van der Waals surface area contributed by atoms with Gasteiger partial charge in [0.15, 0.2) is 17.2 Å². The van der Waals surface area contributed by atoms with E-state index in [2.05, 4.69) is 15.9 Å². The summed E-state index contributed by atoms with van der Waals surface area (Å²) in [4.78, 5) is 29.9. The molecule has 2 bridgehead atoms. The highest BCUT2D eigenvalue weighted by Crippen LogP contribution is 2.36. The third-order valence-corrected chi connectivity index (χ3v) is 8.75. The molecule has 206 valence electrons. The van der Waals surface area contributed by atoms with Gasteiger partial charge in [0, 0.05) is 82.3 Å². The van der Waals surface area contributed by atoms with Crippen molar-refractivity contribution < 1.29 is 14.6 Å². The van der Waals surface area contributed by atoms with Crippen LogP contribution in [0.2, 0.25) is 0 Å². The van der Waals surface area contributed by atoms with E-state index >= 15 is 0 Å². The van der Waals surface area contributed by atoms with Crippen LogP contribution in [-0.2, 0) is 39.6 Å². The van der Waals surface area contributed by atoms with Crippen molar-refractivity contribution in [1.29, 1.82) is 0 Å². The van der Waals surface area contributed by atoms with Gasteiger partial charge in [0.25, 0.3) is 5.56 Å². The van der Waals surface area contributed by atoms with Gasteiger partial charge in [-0.1, -0.05) is 6.07 Å². The highest BCUT2D eigenvalue weighted by molar-refractivity contribution is 5.48. The Balaban J connectivity index is 1.22. The monoisotopic (exact) mass is 532 g/mol. The fourth-order valence-electron chi connectivity index (χ4n) is 6.77. The number of benzene rings is 1. The summed E-state index contributed by atoms with van der Waals surface area (Å²) in [5.41, 5.74) is 4.78. The van der Waals surface area contributed by atoms with Crippen molar-refractivity contribution in [2.75, 3.05) is 33.9 Å². The molecule has 5 heterocycles. The second-order valence-corrected chi connectivity index (χ2v) is 11.2. The lowest BCUT2D eigenvalue weighted by molar-refractivity contribution is 0.112. The maximum atomic E-state index is 12.9. The van der Waals surface area contributed by atoms with E-state index in [4.69, 9.17) is 9.47 Å². The highest BCUT2D eigenvalue weighted by Gasteiger charge is 2.34. The summed E-state index contributed by atoms with van der Waals surface area (Å²) in [6.07, 6.45) is 1.94. The van der Waals surface area contributed by atoms with Gasteiger partial charge in [0.1, 0.15) is 0 Å². The van der Waals surface area contributed by atoms with Crippen LogP contribution in [-0.4, -0.2) is 57.9 Å². The summed E-state index contributed by atoms with van der Waals surface area (Å²) in [6.45, 7) is 5.09. The minimum Gasteiger partial charge on any atom is -0.503 e. The second kappa shape index (κ2) is 10.2. The number of hydrogen-bond acceptors (Lipinski definition) is 7. The largest absolute Gasteiger partial charge is 0.503 e. The number of hydrogen-bond donors (Lipinski definition) is 1. The maximum absolute atomic E-state index is 12.9. The predicted octanol–water partition coefficient (Wildman–Crippen LogP) is 2.45. The molecular weight excluding hydrogens is 496 g/mol. The standard InChI is InChI=1S/C30H36N4O5/c1-31-23(17-33-13-19-9-22(16-33)24-5-4-6-29(36)34(24)14-19)12-26(35)30(37)25(31)18-32-8-7-20-10-27(38-2)28(39-3)11-21(20)15-32/h4-6,10-12,19,22,37H,7-9,13-18H2,1-3H3/t19-,22+/m1/s1. The first-order chi connectivity index (χ1) is 18.8. The van der Waals surface area contributed by atoms with Gasteiger partial charge < -0.3 is 23.7 Å². The SMILES string of the molecule is COc1cc2c(cc1OC)CN(Cc1c(O)c(=O)cc(CN3C[C@H]4C[C@@H](C3)c3cccc(=O)n3C4)n1C)CC2. The highest BCUT2D eigenvalue weighted by atomic mass is 16.5. The third-order valence-electron chi connectivity index (χ3n) is 8.75. The van der Waals surface area contributed by atoms with E-state index in [0.29, 0.717) is 42.9 Å². The van der Waals surface area contributed by atoms with Crippen molar-refractivity contribution in [3.63, 3.8) is 0 Å². The van der Waals surface area contributed by atoms with Crippen LogP contribution in [0, 0.1) is 5.92 Å². The first-order valence-electron chi connectivity index (χ1n) is 13.6. The Labute approximate surface area is 227 Å². The molecule has 0 aliphatic carbocycles. The van der Waals surface area contributed by atoms with Gasteiger partial charge in [-0.25, -0.2) is 0 Å². The van der Waals surface area contributed by atoms with Crippen LogP contribution in [0.15, 0.2) is 46.0 Å². The van der Waals surface area contributed by atoms with Gasteiger partial charge in [0.2, 0.25) is 5.43 Å². The fraction of sp³-hybridized carbons (Fsp3) is 0.467. The number of methoxy groups -OCH3 is 2. The van der Waals surface area contributed by atoms with Crippen LogP contribution in [0.25, 0.3) is 0 Å². The Kier molecular flexibility index (Phi) is 6.72. The number of aromatic hydroxyl groups is 1. The lowest BCUT2D eigenvalue weighted by atomic mass is 9.83. The molecule has 3 aliphatic heterocycles. The maximum Gasteiger partial charge on any atom is 0.250 e. The number of fused-ring (bicyclic) bond motifs is 5. The summed E-state index contributed by atoms with van der Waals surface area (Å²) in [7, 11) is 5.22. The number of nitrogens with zero attached hydrogens (tertiary/aromatic N) is 4. The average molecular weight is 533 g/mol. The van der Waals surface area contributed by atoms with Crippen LogP contribution in [0.1, 0.15) is 40.5 Å². The number of piperidine rings is 1. The lowest BCUT2D eigenvalue weighted by Crippen LogP contribution is -2.47. The zero-order chi connectivity index (χ0) is 27.3. The molecule has 0 spiro atoms. The third kappa shape index (κ3) is 4.74. The quantitative estimate of drug-likeness (QED) is 0.522. The first kappa shape index (κ1) is 25.7. The number of pyridine rings is 2. The minimum atomic E-state index is -0.337. The molecule has 3 aliphatic rings. The lowest BCUT2D eigenvalue weighted by Gasteiger charge is -2.43. The first-order valence-corrected chi connectivity index (χ1v) is 13.6. The molecule has 1 N–H and O–H groups in total. The molecule has 0 saturated carbocycles. The number of aromatic nitrogens is 2. The Hall–Kier alpha value is -3.56.